The predicted molar refractivity (Wildman–Crippen MR) is 71.5 cm³/mol. The van der Waals surface area contributed by atoms with Crippen LogP contribution >= 0.6 is 15.9 Å². The minimum Gasteiger partial charge on any atom is -0.487 e. The number of aromatic nitrogens is 2. The Morgan fingerprint density at radius 3 is 3.00 bits per heavy atom. The summed E-state index contributed by atoms with van der Waals surface area (Å²) in [6.45, 7) is 0.293. The van der Waals surface area contributed by atoms with E-state index in [2.05, 4.69) is 25.9 Å². The van der Waals surface area contributed by atoms with Gasteiger partial charge in [-0.2, -0.15) is 0 Å². The van der Waals surface area contributed by atoms with E-state index in [0.717, 1.165) is 10.0 Å². The van der Waals surface area contributed by atoms with Gasteiger partial charge in [0.15, 0.2) is 0 Å². The highest BCUT2D eigenvalue weighted by atomic mass is 79.9. The zero-order chi connectivity index (χ0) is 13.0. The molecule has 0 saturated carbocycles. The van der Waals surface area contributed by atoms with E-state index in [1.165, 1.54) is 0 Å². The van der Waals surface area contributed by atoms with Gasteiger partial charge in [0.2, 0.25) is 0 Å². The van der Waals surface area contributed by atoms with Gasteiger partial charge in [0.05, 0.1) is 6.20 Å². The van der Waals surface area contributed by atoms with Gasteiger partial charge in [-0.05, 0) is 28.1 Å². The molecular formula is C12H11BrN4O. The van der Waals surface area contributed by atoms with Gasteiger partial charge in [-0.3, -0.25) is 15.4 Å². The van der Waals surface area contributed by atoms with Crippen LogP contribution in [0.4, 0.5) is 0 Å². The lowest BCUT2D eigenvalue weighted by molar-refractivity contribution is 0.304. The van der Waals surface area contributed by atoms with Gasteiger partial charge >= 0.3 is 0 Å². The number of ether oxygens (including phenoxy) is 1. The lowest BCUT2D eigenvalue weighted by atomic mass is 10.2. The van der Waals surface area contributed by atoms with Gasteiger partial charge in [0, 0.05) is 22.4 Å². The number of amidine groups is 1. The van der Waals surface area contributed by atoms with Crippen LogP contribution in [-0.4, -0.2) is 15.8 Å². The summed E-state index contributed by atoms with van der Waals surface area (Å²) in [4.78, 5) is 8.05. The van der Waals surface area contributed by atoms with Crippen molar-refractivity contribution in [2.75, 3.05) is 0 Å². The van der Waals surface area contributed by atoms with Crippen LogP contribution < -0.4 is 10.5 Å². The molecule has 0 unspecified atom stereocenters. The Labute approximate surface area is 113 Å². The third-order valence-electron chi connectivity index (χ3n) is 2.22. The number of hydrogen-bond acceptors (Lipinski definition) is 4. The SMILES string of the molecule is N=C(N)c1ncccc1COc1cncc(Br)c1. The molecule has 0 fully saturated rings. The highest BCUT2D eigenvalue weighted by Crippen LogP contribution is 2.17. The van der Waals surface area contributed by atoms with Crippen molar-refractivity contribution >= 4 is 21.8 Å². The summed E-state index contributed by atoms with van der Waals surface area (Å²) in [7, 11) is 0. The molecule has 2 aromatic rings. The van der Waals surface area contributed by atoms with Crippen LogP contribution in [0.2, 0.25) is 0 Å². The highest BCUT2D eigenvalue weighted by Gasteiger charge is 2.07. The van der Waals surface area contributed by atoms with E-state index in [1.807, 2.05) is 12.1 Å². The molecule has 2 heterocycles. The van der Waals surface area contributed by atoms with Crippen LogP contribution in [0, 0.1) is 5.41 Å². The van der Waals surface area contributed by atoms with Crippen molar-refractivity contribution in [1.82, 2.24) is 9.97 Å². The Bertz CT molecular complexity index is 574. The molecule has 2 aromatic heterocycles. The number of nitrogens with two attached hydrogens (primary N) is 1. The second-order valence-electron chi connectivity index (χ2n) is 3.55. The lowest BCUT2D eigenvalue weighted by Crippen LogP contribution is -2.16. The summed E-state index contributed by atoms with van der Waals surface area (Å²) >= 11 is 3.32. The molecule has 0 aliphatic heterocycles. The summed E-state index contributed by atoms with van der Waals surface area (Å²) in [5.74, 6) is 0.573. The maximum Gasteiger partial charge on any atom is 0.142 e. The summed E-state index contributed by atoms with van der Waals surface area (Å²) in [5.41, 5.74) is 6.67. The molecule has 0 aromatic carbocycles. The number of halogens is 1. The normalized spacial score (nSPS) is 10.1. The van der Waals surface area contributed by atoms with E-state index in [9.17, 15) is 0 Å². The number of rotatable bonds is 4. The fraction of sp³-hybridized carbons (Fsp3) is 0.0833. The summed E-state index contributed by atoms with van der Waals surface area (Å²) in [5, 5.41) is 7.43. The van der Waals surface area contributed by atoms with Crippen LogP contribution in [-0.2, 0) is 6.61 Å². The quantitative estimate of drug-likeness (QED) is 0.669. The van der Waals surface area contributed by atoms with Crippen molar-refractivity contribution in [2.24, 2.45) is 5.73 Å². The Morgan fingerprint density at radius 1 is 1.44 bits per heavy atom. The molecule has 0 aliphatic rings. The Hall–Kier alpha value is -1.95. The molecule has 3 N–H and O–H groups in total. The molecular weight excluding hydrogens is 296 g/mol. The van der Waals surface area contributed by atoms with E-state index in [4.69, 9.17) is 15.9 Å². The molecule has 2 rings (SSSR count). The summed E-state index contributed by atoms with van der Waals surface area (Å²) in [6.07, 6.45) is 4.90. The standard InChI is InChI=1S/C12H11BrN4O/c13-9-4-10(6-16-5-9)18-7-8-2-1-3-17-11(8)12(14)15/h1-6H,7H2,(H3,14,15). The van der Waals surface area contributed by atoms with Gasteiger partial charge in [-0.15, -0.1) is 0 Å². The Balaban J connectivity index is 2.13. The van der Waals surface area contributed by atoms with Crippen LogP contribution in [0.3, 0.4) is 0 Å². The number of nitrogen functional groups attached to an aromatic ring is 1. The van der Waals surface area contributed by atoms with E-state index in [1.54, 1.807) is 24.7 Å². The second kappa shape index (κ2) is 5.59. The molecule has 0 radical (unpaired) electrons. The maximum atomic E-state index is 7.43. The predicted octanol–water partition coefficient (Wildman–Crippen LogP) is 2.10. The molecule has 0 saturated heterocycles. The van der Waals surface area contributed by atoms with Crippen molar-refractivity contribution < 1.29 is 4.74 Å². The van der Waals surface area contributed by atoms with Crippen molar-refractivity contribution in [3.8, 4) is 5.75 Å². The Kier molecular flexibility index (Phi) is 3.88. The first-order valence-corrected chi connectivity index (χ1v) is 5.98. The molecule has 0 aliphatic carbocycles. The van der Waals surface area contributed by atoms with E-state index >= 15 is 0 Å². The fourth-order valence-electron chi connectivity index (χ4n) is 1.43. The molecule has 0 bridgehead atoms. The third-order valence-corrected chi connectivity index (χ3v) is 2.65. The van der Waals surface area contributed by atoms with Crippen LogP contribution in [0.25, 0.3) is 0 Å². The molecule has 6 heteroatoms. The molecule has 18 heavy (non-hydrogen) atoms. The lowest BCUT2D eigenvalue weighted by Gasteiger charge is -2.09. The second-order valence-corrected chi connectivity index (χ2v) is 4.47. The Morgan fingerprint density at radius 2 is 2.28 bits per heavy atom. The largest absolute Gasteiger partial charge is 0.487 e. The van der Waals surface area contributed by atoms with E-state index in [0.29, 0.717) is 18.1 Å². The molecule has 0 amide bonds. The van der Waals surface area contributed by atoms with Gasteiger partial charge in [0.1, 0.15) is 23.9 Å². The first-order chi connectivity index (χ1) is 8.66. The number of nitrogens with zero attached hydrogens (tertiary/aromatic N) is 2. The fourth-order valence-corrected chi connectivity index (χ4v) is 1.77. The minimum atomic E-state index is -0.0680. The summed E-state index contributed by atoms with van der Waals surface area (Å²) < 4.78 is 6.42. The van der Waals surface area contributed by atoms with Crippen LogP contribution in [0.1, 0.15) is 11.3 Å². The van der Waals surface area contributed by atoms with Gasteiger partial charge in [0.25, 0.3) is 0 Å². The summed E-state index contributed by atoms with van der Waals surface area (Å²) in [6, 6.07) is 5.43. The van der Waals surface area contributed by atoms with Crippen LogP contribution in [0.15, 0.2) is 41.3 Å². The zero-order valence-corrected chi connectivity index (χ0v) is 11.0. The maximum absolute atomic E-state index is 7.43. The minimum absolute atomic E-state index is 0.0680. The first-order valence-electron chi connectivity index (χ1n) is 5.18. The zero-order valence-electron chi connectivity index (χ0n) is 9.43. The van der Waals surface area contributed by atoms with Gasteiger partial charge in [-0.1, -0.05) is 6.07 Å². The van der Waals surface area contributed by atoms with E-state index in [-0.39, 0.29) is 5.84 Å². The average Bonchev–Trinajstić information content (AvgIpc) is 2.37. The number of hydrogen-bond donors (Lipinski definition) is 2. The molecule has 0 atom stereocenters. The first kappa shape index (κ1) is 12.5. The number of pyridine rings is 2. The van der Waals surface area contributed by atoms with Crippen molar-refractivity contribution in [3.63, 3.8) is 0 Å². The van der Waals surface area contributed by atoms with Crippen molar-refractivity contribution in [2.45, 2.75) is 6.61 Å². The van der Waals surface area contributed by atoms with Crippen molar-refractivity contribution in [1.29, 1.82) is 5.41 Å². The van der Waals surface area contributed by atoms with Gasteiger partial charge in [-0.25, -0.2) is 0 Å². The average molecular weight is 307 g/mol. The number of nitrogens with one attached hydrogen (secondary N) is 1. The monoisotopic (exact) mass is 306 g/mol. The van der Waals surface area contributed by atoms with E-state index < -0.39 is 0 Å². The topological polar surface area (TPSA) is 84.9 Å². The molecule has 0 spiro atoms. The highest BCUT2D eigenvalue weighted by molar-refractivity contribution is 9.10. The molecule has 5 nitrogen and oxygen atoms in total. The van der Waals surface area contributed by atoms with Gasteiger partial charge < -0.3 is 10.5 Å². The molecule has 92 valence electrons. The smallest absolute Gasteiger partial charge is 0.142 e. The van der Waals surface area contributed by atoms with Crippen molar-refractivity contribution in [3.05, 3.63) is 52.5 Å². The third kappa shape index (κ3) is 3.04. The van der Waals surface area contributed by atoms with Crippen LogP contribution in [0.5, 0.6) is 5.75 Å².